The molecule has 1 fully saturated rings. The number of nitrogens with zero attached hydrogens (tertiary/aromatic N) is 3. The molecule has 1 aromatic carbocycles. The lowest BCUT2D eigenvalue weighted by molar-refractivity contribution is -0.133. The summed E-state index contributed by atoms with van der Waals surface area (Å²) in [6.45, 7) is 1.45. The highest BCUT2D eigenvalue weighted by molar-refractivity contribution is 5.81. The van der Waals surface area contributed by atoms with E-state index in [9.17, 15) is 4.79 Å². The van der Waals surface area contributed by atoms with Crippen molar-refractivity contribution in [1.82, 2.24) is 14.8 Å². The van der Waals surface area contributed by atoms with Gasteiger partial charge in [-0.05, 0) is 37.6 Å². The molecule has 1 unspecified atom stereocenters. The molecule has 0 bridgehead atoms. The highest BCUT2D eigenvalue weighted by Crippen LogP contribution is 2.24. The number of rotatable bonds is 3. The minimum absolute atomic E-state index is 0.0694. The summed E-state index contributed by atoms with van der Waals surface area (Å²) in [5, 5.41) is 0. The summed E-state index contributed by atoms with van der Waals surface area (Å²) >= 11 is 0. The van der Waals surface area contributed by atoms with E-state index in [1.807, 2.05) is 6.07 Å². The SMILES string of the molecule is CN(C)C(=O)C1CCCN1Cc1nc2cc(N)ccc2o1. The van der Waals surface area contributed by atoms with Crippen LogP contribution in [0.3, 0.4) is 0 Å². The molecule has 3 rings (SSSR count). The van der Waals surface area contributed by atoms with Crippen LogP contribution < -0.4 is 5.73 Å². The van der Waals surface area contributed by atoms with Crippen molar-refractivity contribution in [2.24, 2.45) is 0 Å². The number of anilines is 1. The molecular formula is C15H20N4O2. The summed E-state index contributed by atoms with van der Waals surface area (Å²) in [6, 6.07) is 5.36. The molecule has 0 aliphatic carbocycles. The lowest BCUT2D eigenvalue weighted by Gasteiger charge is -2.24. The lowest BCUT2D eigenvalue weighted by Crippen LogP contribution is -2.42. The molecule has 2 heterocycles. The molecule has 112 valence electrons. The highest BCUT2D eigenvalue weighted by atomic mass is 16.3. The maximum atomic E-state index is 12.2. The minimum atomic E-state index is -0.0694. The van der Waals surface area contributed by atoms with Crippen molar-refractivity contribution in [2.45, 2.75) is 25.4 Å². The van der Waals surface area contributed by atoms with Crippen molar-refractivity contribution < 1.29 is 9.21 Å². The topological polar surface area (TPSA) is 75.6 Å². The predicted octanol–water partition coefficient (Wildman–Crippen LogP) is 1.46. The van der Waals surface area contributed by atoms with Crippen molar-refractivity contribution in [3.63, 3.8) is 0 Å². The number of likely N-dealkylation sites (N-methyl/N-ethyl adjacent to an activating group) is 1. The second kappa shape index (κ2) is 5.37. The van der Waals surface area contributed by atoms with E-state index >= 15 is 0 Å². The molecule has 1 amide bonds. The van der Waals surface area contributed by atoms with Gasteiger partial charge < -0.3 is 15.1 Å². The normalized spacial score (nSPS) is 19.2. The second-order valence-electron chi connectivity index (χ2n) is 5.70. The molecule has 2 aromatic rings. The Morgan fingerprint density at radius 2 is 2.33 bits per heavy atom. The first-order valence-corrected chi connectivity index (χ1v) is 7.15. The Kier molecular flexibility index (Phi) is 3.55. The van der Waals surface area contributed by atoms with E-state index in [0.29, 0.717) is 18.1 Å². The van der Waals surface area contributed by atoms with E-state index in [4.69, 9.17) is 10.2 Å². The fraction of sp³-hybridized carbons (Fsp3) is 0.467. The van der Waals surface area contributed by atoms with Gasteiger partial charge in [0.25, 0.3) is 0 Å². The van der Waals surface area contributed by atoms with Crippen LogP contribution in [0, 0.1) is 0 Å². The van der Waals surface area contributed by atoms with Crippen molar-refractivity contribution in [3.8, 4) is 0 Å². The highest BCUT2D eigenvalue weighted by Gasteiger charge is 2.32. The molecular weight excluding hydrogens is 268 g/mol. The maximum absolute atomic E-state index is 12.2. The summed E-state index contributed by atoms with van der Waals surface area (Å²) in [4.78, 5) is 20.4. The molecule has 6 nitrogen and oxygen atoms in total. The van der Waals surface area contributed by atoms with Gasteiger partial charge in [0.2, 0.25) is 11.8 Å². The van der Waals surface area contributed by atoms with E-state index in [-0.39, 0.29) is 11.9 Å². The number of benzene rings is 1. The van der Waals surface area contributed by atoms with Crippen molar-refractivity contribution >= 4 is 22.7 Å². The van der Waals surface area contributed by atoms with Gasteiger partial charge in [0.05, 0.1) is 12.6 Å². The van der Waals surface area contributed by atoms with Gasteiger partial charge in [-0.2, -0.15) is 0 Å². The number of carbonyl (C=O) groups is 1. The van der Waals surface area contributed by atoms with Gasteiger partial charge in [0, 0.05) is 19.8 Å². The molecule has 1 aromatic heterocycles. The summed E-state index contributed by atoms with van der Waals surface area (Å²) in [6.07, 6.45) is 1.92. The van der Waals surface area contributed by atoms with Gasteiger partial charge in [-0.3, -0.25) is 9.69 Å². The Labute approximate surface area is 123 Å². The number of aromatic nitrogens is 1. The van der Waals surface area contributed by atoms with E-state index in [1.54, 1.807) is 31.1 Å². The van der Waals surface area contributed by atoms with Crippen LogP contribution in [0.1, 0.15) is 18.7 Å². The molecule has 0 radical (unpaired) electrons. The van der Waals surface area contributed by atoms with Crippen LogP contribution in [0.4, 0.5) is 5.69 Å². The summed E-state index contributed by atoms with van der Waals surface area (Å²) in [7, 11) is 3.59. The average Bonchev–Trinajstić information content (AvgIpc) is 3.03. The third kappa shape index (κ3) is 2.71. The number of fused-ring (bicyclic) bond motifs is 1. The first-order chi connectivity index (χ1) is 10.0. The first-order valence-electron chi connectivity index (χ1n) is 7.15. The molecule has 1 aliphatic rings. The lowest BCUT2D eigenvalue weighted by atomic mass is 10.2. The van der Waals surface area contributed by atoms with Gasteiger partial charge in [-0.1, -0.05) is 0 Å². The van der Waals surface area contributed by atoms with Gasteiger partial charge in [-0.15, -0.1) is 0 Å². The van der Waals surface area contributed by atoms with Crippen molar-refractivity contribution in [2.75, 3.05) is 26.4 Å². The molecule has 6 heteroatoms. The number of likely N-dealkylation sites (tertiary alicyclic amines) is 1. The number of nitrogen functional groups attached to an aromatic ring is 1. The monoisotopic (exact) mass is 288 g/mol. The third-order valence-corrected chi connectivity index (χ3v) is 3.88. The zero-order chi connectivity index (χ0) is 15.0. The van der Waals surface area contributed by atoms with E-state index in [0.717, 1.165) is 30.5 Å². The van der Waals surface area contributed by atoms with E-state index in [1.165, 1.54) is 0 Å². The van der Waals surface area contributed by atoms with E-state index in [2.05, 4.69) is 9.88 Å². The molecule has 21 heavy (non-hydrogen) atoms. The van der Waals surface area contributed by atoms with Gasteiger partial charge in [0.1, 0.15) is 5.52 Å². The largest absolute Gasteiger partial charge is 0.439 e. The smallest absolute Gasteiger partial charge is 0.239 e. The quantitative estimate of drug-likeness (QED) is 0.865. The molecule has 0 spiro atoms. The molecule has 1 saturated heterocycles. The van der Waals surface area contributed by atoms with Gasteiger partial charge >= 0.3 is 0 Å². The van der Waals surface area contributed by atoms with E-state index < -0.39 is 0 Å². The number of hydrogen-bond acceptors (Lipinski definition) is 5. The van der Waals surface area contributed by atoms with Crippen LogP contribution in [0.25, 0.3) is 11.1 Å². The predicted molar refractivity (Wildman–Crippen MR) is 80.5 cm³/mol. The standard InChI is InChI=1S/C15H20N4O2/c1-18(2)15(20)12-4-3-7-19(12)9-14-17-11-8-10(16)5-6-13(11)21-14/h5-6,8,12H,3-4,7,9,16H2,1-2H3. The third-order valence-electron chi connectivity index (χ3n) is 3.88. The van der Waals surface area contributed by atoms with Crippen LogP contribution in [0.2, 0.25) is 0 Å². The van der Waals surface area contributed by atoms with Crippen LogP contribution in [-0.4, -0.2) is 47.4 Å². The van der Waals surface area contributed by atoms with Crippen LogP contribution in [-0.2, 0) is 11.3 Å². The fourth-order valence-corrected chi connectivity index (χ4v) is 2.83. The zero-order valence-corrected chi connectivity index (χ0v) is 12.4. The maximum Gasteiger partial charge on any atom is 0.239 e. The number of hydrogen-bond donors (Lipinski definition) is 1. The van der Waals surface area contributed by atoms with Crippen LogP contribution in [0.5, 0.6) is 0 Å². The first kappa shape index (κ1) is 13.9. The van der Waals surface area contributed by atoms with Crippen molar-refractivity contribution in [1.29, 1.82) is 0 Å². The molecule has 1 aliphatic heterocycles. The molecule has 2 N–H and O–H groups in total. The van der Waals surface area contributed by atoms with Crippen LogP contribution in [0.15, 0.2) is 22.6 Å². The Morgan fingerprint density at radius 1 is 1.52 bits per heavy atom. The minimum Gasteiger partial charge on any atom is -0.439 e. The van der Waals surface area contributed by atoms with Crippen molar-refractivity contribution in [3.05, 3.63) is 24.1 Å². The summed E-state index contributed by atoms with van der Waals surface area (Å²) in [5.41, 5.74) is 7.91. The number of oxazole rings is 1. The van der Waals surface area contributed by atoms with Gasteiger partial charge in [-0.25, -0.2) is 4.98 Å². The zero-order valence-electron chi connectivity index (χ0n) is 12.4. The van der Waals surface area contributed by atoms with Gasteiger partial charge in [0.15, 0.2) is 5.58 Å². The Balaban J connectivity index is 1.79. The average molecular weight is 288 g/mol. The van der Waals surface area contributed by atoms with Crippen LogP contribution >= 0.6 is 0 Å². The molecule has 0 saturated carbocycles. The number of carbonyl (C=O) groups excluding carboxylic acids is 1. The number of nitrogens with two attached hydrogens (primary N) is 1. The number of amides is 1. The summed E-state index contributed by atoms with van der Waals surface area (Å²) in [5.74, 6) is 0.780. The Bertz CT molecular complexity index is 665. The second-order valence-corrected chi connectivity index (χ2v) is 5.70. The Hall–Kier alpha value is -2.08. The Morgan fingerprint density at radius 3 is 3.10 bits per heavy atom. The fourth-order valence-electron chi connectivity index (χ4n) is 2.83. The summed E-state index contributed by atoms with van der Waals surface area (Å²) < 4.78 is 5.74. The molecule has 1 atom stereocenters.